The minimum absolute atomic E-state index is 0.0628. The van der Waals surface area contributed by atoms with Gasteiger partial charge in [0, 0.05) is 12.1 Å². The Hall–Kier alpha value is -1.49. The summed E-state index contributed by atoms with van der Waals surface area (Å²) < 4.78 is 26.4. The number of benzene rings is 1. The minimum atomic E-state index is -1.52. The van der Waals surface area contributed by atoms with Gasteiger partial charge in [-0.3, -0.25) is 5.32 Å². The Bertz CT molecular complexity index is 430. The van der Waals surface area contributed by atoms with Gasteiger partial charge in [0.25, 0.3) is 0 Å². The van der Waals surface area contributed by atoms with Gasteiger partial charge in [-0.1, -0.05) is 6.92 Å². The van der Waals surface area contributed by atoms with E-state index in [1.54, 1.807) is 0 Å². The first-order valence-electron chi connectivity index (χ1n) is 5.77. The Morgan fingerprint density at radius 3 is 2.28 bits per heavy atom. The van der Waals surface area contributed by atoms with Crippen LogP contribution in [0.25, 0.3) is 0 Å². The molecule has 1 aromatic rings. The molecule has 0 aliphatic rings. The van der Waals surface area contributed by atoms with Crippen molar-refractivity contribution in [2.45, 2.75) is 38.8 Å². The number of aliphatic carboxylic acids is 1. The third-order valence-electron chi connectivity index (χ3n) is 3.02. The lowest BCUT2D eigenvalue weighted by Gasteiger charge is -2.30. The van der Waals surface area contributed by atoms with Crippen LogP contribution in [0.2, 0.25) is 0 Å². The van der Waals surface area contributed by atoms with Gasteiger partial charge in [0.1, 0.15) is 17.2 Å². The Morgan fingerprint density at radius 1 is 1.39 bits per heavy atom. The zero-order valence-electron chi connectivity index (χ0n) is 10.6. The fraction of sp³-hybridized carbons (Fsp3) is 0.462. The summed E-state index contributed by atoms with van der Waals surface area (Å²) in [5.41, 5.74) is -1.45. The number of carboxylic acid groups (broad SMARTS) is 1. The van der Waals surface area contributed by atoms with Crippen LogP contribution in [0, 0.1) is 11.6 Å². The largest absolute Gasteiger partial charge is 0.480 e. The number of hydrogen-bond acceptors (Lipinski definition) is 2. The number of nitrogens with one attached hydrogen (secondary N) is 1. The highest BCUT2D eigenvalue weighted by Crippen LogP contribution is 2.24. The zero-order chi connectivity index (χ0) is 13.9. The summed E-state index contributed by atoms with van der Waals surface area (Å²) in [5, 5.41) is 12.2. The lowest BCUT2D eigenvalue weighted by atomic mass is 9.90. The van der Waals surface area contributed by atoms with Crippen molar-refractivity contribution in [1.82, 2.24) is 5.32 Å². The van der Waals surface area contributed by atoms with Gasteiger partial charge in [-0.05, 0) is 38.0 Å². The van der Waals surface area contributed by atoms with Gasteiger partial charge in [-0.15, -0.1) is 0 Å². The molecular formula is C13H17F2NO2. The molecule has 2 atom stereocenters. The van der Waals surface area contributed by atoms with Crippen LogP contribution in [0.5, 0.6) is 0 Å². The molecule has 3 nitrogen and oxygen atoms in total. The van der Waals surface area contributed by atoms with Crippen molar-refractivity contribution < 1.29 is 18.7 Å². The van der Waals surface area contributed by atoms with Gasteiger partial charge >= 0.3 is 5.97 Å². The van der Waals surface area contributed by atoms with E-state index in [1.165, 1.54) is 6.92 Å². The summed E-state index contributed by atoms with van der Waals surface area (Å²) >= 11 is 0. The molecule has 0 saturated carbocycles. The molecule has 0 fully saturated rings. The first-order chi connectivity index (χ1) is 8.29. The summed E-state index contributed by atoms with van der Waals surface area (Å²) in [6.45, 7) is 5.11. The van der Waals surface area contributed by atoms with E-state index in [0.717, 1.165) is 18.2 Å². The summed E-state index contributed by atoms with van der Waals surface area (Å²) in [7, 11) is 0. The van der Waals surface area contributed by atoms with Crippen LogP contribution >= 0.6 is 0 Å². The number of carboxylic acids is 1. The third-order valence-corrected chi connectivity index (χ3v) is 3.02. The van der Waals surface area contributed by atoms with Crippen LogP contribution in [0.4, 0.5) is 8.78 Å². The number of halogens is 2. The van der Waals surface area contributed by atoms with Crippen LogP contribution < -0.4 is 5.32 Å². The van der Waals surface area contributed by atoms with Crippen LogP contribution in [-0.4, -0.2) is 17.1 Å². The number of hydrogen-bond donors (Lipinski definition) is 2. The van der Waals surface area contributed by atoms with Crippen molar-refractivity contribution in [3.8, 4) is 0 Å². The maximum atomic E-state index is 13.2. The molecule has 0 bridgehead atoms. The first kappa shape index (κ1) is 14.6. The maximum Gasteiger partial charge on any atom is 0.328 e. The maximum absolute atomic E-state index is 13.2. The average Bonchev–Trinajstić information content (AvgIpc) is 2.27. The smallest absolute Gasteiger partial charge is 0.328 e. The predicted molar refractivity (Wildman–Crippen MR) is 64.2 cm³/mol. The van der Waals surface area contributed by atoms with Gasteiger partial charge in [-0.2, -0.15) is 0 Å². The lowest BCUT2D eigenvalue weighted by molar-refractivity contribution is -0.145. The van der Waals surface area contributed by atoms with Crippen LogP contribution in [0.1, 0.15) is 32.8 Å². The molecule has 1 aromatic carbocycles. The van der Waals surface area contributed by atoms with Gasteiger partial charge in [0.05, 0.1) is 0 Å². The summed E-state index contributed by atoms with van der Waals surface area (Å²) in [6, 6.07) is 2.70. The number of carbonyl (C=O) groups is 1. The Kier molecular flexibility index (Phi) is 4.40. The minimum Gasteiger partial charge on any atom is -0.480 e. The second-order valence-corrected chi connectivity index (χ2v) is 4.54. The van der Waals surface area contributed by atoms with Crippen molar-refractivity contribution >= 4 is 5.97 Å². The van der Waals surface area contributed by atoms with Crippen molar-refractivity contribution in [1.29, 1.82) is 0 Å². The summed E-state index contributed by atoms with van der Waals surface area (Å²) in [5.74, 6) is -2.75. The summed E-state index contributed by atoms with van der Waals surface area (Å²) in [4.78, 5) is 11.4. The molecule has 2 N–H and O–H groups in total. The Morgan fingerprint density at radius 2 is 1.89 bits per heavy atom. The molecule has 1 rings (SSSR count). The second-order valence-electron chi connectivity index (χ2n) is 4.54. The van der Waals surface area contributed by atoms with E-state index in [9.17, 15) is 18.7 Å². The van der Waals surface area contributed by atoms with E-state index in [2.05, 4.69) is 5.32 Å². The average molecular weight is 257 g/mol. The fourth-order valence-corrected chi connectivity index (χ4v) is 1.71. The standard InChI is InChI=1S/C13H17F2NO2/c1-4-8(2)16-13(3,12(17)18)9-5-10(14)7-11(15)6-9/h5-8,16H,4H2,1-3H3,(H,17,18). The molecule has 2 unspecified atom stereocenters. The highest BCUT2D eigenvalue weighted by atomic mass is 19.1. The molecule has 100 valence electrons. The zero-order valence-corrected chi connectivity index (χ0v) is 10.6. The van der Waals surface area contributed by atoms with Crippen molar-refractivity contribution in [3.63, 3.8) is 0 Å². The molecule has 0 aromatic heterocycles. The molecule has 0 heterocycles. The molecular weight excluding hydrogens is 240 g/mol. The van der Waals surface area contributed by atoms with Gasteiger partial charge < -0.3 is 5.11 Å². The second kappa shape index (κ2) is 5.44. The third kappa shape index (κ3) is 3.04. The van der Waals surface area contributed by atoms with Crippen molar-refractivity contribution in [3.05, 3.63) is 35.4 Å². The topological polar surface area (TPSA) is 49.3 Å². The lowest BCUT2D eigenvalue weighted by Crippen LogP contribution is -2.50. The Balaban J connectivity index is 3.22. The monoisotopic (exact) mass is 257 g/mol. The highest BCUT2D eigenvalue weighted by molar-refractivity contribution is 5.80. The van der Waals surface area contributed by atoms with Crippen LogP contribution in [-0.2, 0) is 10.3 Å². The van der Waals surface area contributed by atoms with E-state index in [0.29, 0.717) is 6.42 Å². The Labute approximate surface area is 105 Å². The highest BCUT2D eigenvalue weighted by Gasteiger charge is 2.36. The quantitative estimate of drug-likeness (QED) is 0.852. The molecule has 0 amide bonds. The van der Waals surface area contributed by atoms with E-state index in [-0.39, 0.29) is 11.6 Å². The number of rotatable bonds is 5. The molecule has 0 spiro atoms. The van der Waals surface area contributed by atoms with E-state index in [1.807, 2.05) is 13.8 Å². The molecule has 5 heteroatoms. The van der Waals surface area contributed by atoms with Gasteiger partial charge in [-0.25, -0.2) is 13.6 Å². The van der Waals surface area contributed by atoms with Gasteiger partial charge in [0.15, 0.2) is 0 Å². The van der Waals surface area contributed by atoms with Gasteiger partial charge in [0.2, 0.25) is 0 Å². The summed E-state index contributed by atoms with van der Waals surface area (Å²) in [6.07, 6.45) is 0.709. The molecule has 0 aliphatic carbocycles. The van der Waals surface area contributed by atoms with E-state index < -0.39 is 23.1 Å². The van der Waals surface area contributed by atoms with Crippen LogP contribution in [0.3, 0.4) is 0 Å². The van der Waals surface area contributed by atoms with Crippen molar-refractivity contribution in [2.75, 3.05) is 0 Å². The predicted octanol–water partition coefficient (Wildman–Crippen LogP) is 2.65. The molecule has 0 radical (unpaired) electrons. The SMILES string of the molecule is CCC(C)NC(C)(C(=O)O)c1cc(F)cc(F)c1. The van der Waals surface area contributed by atoms with Crippen LogP contribution in [0.15, 0.2) is 18.2 Å². The first-order valence-corrected chi connectivity index (χ1v) is 5.77. The molecule has 18 heavy (non-hydrogen) atoms. The van der Waals surface area contributed by atoms with E-state index >= 15 is 0 Å². The van der Waals surface area contributed by atoms with E-state index in [4.69, 9.17) is 0 Å². The van der Waals surface area contributed by atoms with Crippen molar-refractivity contribution in [2.24, 2.45) is 0 Å². The normalized spacial score (nSPS) is 16.1. The fourth-order valence-electron chi connectivity index (χ4n) is 1.71. The molecule has 0 saturated heterocycles. The molecule has 0 aliphatic heterocycles.